The van der Waals surface area contributed by atoms with E-state index in [2.05, 4.69) is 33.9 Å². The van der Waals surface area contributed by atoms with Crippen molar-refractivity contribution in [2.24, 2.45) is 0 Å². The molecular formula is C10H23O3Si. The molecular weight excluding hydrogens is 196 g/mol. The fourth-order valence-corrected chi connectivity index (χ4v) is 1.67. The van der Waals surface area contributed by atoms with E-state index >= 15 is 0 Å². The van der Waals surface area contributed by atoms with Crippen molar-refractivity contribution < 1.29 is 14.6 Å². The molecule has 1 unspecified atom stereocenters. The first-order valence-electron chi connectivity index (χ1n) is 4.87. The molecule has 2 N–H and O–H groups in total. The Morgan fingerprint density at radius 2 is 1.64 bits per heavy atom. The number of hydrogen-bond donors (Lipinski definition) is 2. The molecule has 0 aromatic carbocycles. The normalized spacial score (nSPS) is 18.0. The van der Waals surface area contributed by atoms with Crippen LogP contribution in [0.15, 0.2) is 0 Å². The van der Waals surface area contributed by atoms with Crippen LogP contribution in [-0.2, 0) is 4.43 Å². The Morgan fingerprint density at radius 3 is 1.93 bits per heavy atom. The van der Waals surface area contributed by atoms with Crippen LogP contribution >= 0.6 is 0 Å². The Morgan fingerprint density at radius 1 is 1.21 bits per heavy atom. The van der Waals surface area contributed by atoms with E-state index in [1.807, 2.05) is 0 Å². The van der Waals surface area contributed by atoms with Crippen molar-refractivity contribution in [1.29, 1.82) is 0 Å². The molecule has 0 aromatic heterocycles. The quantitative estimate of drug-likeness (QED) is 0.713. The second kappa shape index (κ2) is 4.31. The molecule has 0 aliphatic rings. The average Bonchev–Trinajstić information content (AvgIpc) is 1.99. The van der Waals surface area contributed by atoms with Gasteiger partial charge in [-0.1, -0.05) is 20.8 Å². The van der Waals surface area contributed by atoms with Crippen LogP contribution in [0.1, 0.15) is 27.7 Å². The van der Waals surface area contributed by atoms with Gasteiger partial charge in [-0.2, -0.15) is 0 Å². The molecule has 0 spiro atoms. The van der Waals surface area contributed by atoms with Gasteiger partial charge >= 0.3 is 0 Å². The predicted octanol–water partition coefficient (Wildman–Crippen LogP) is 2.29. The molecule has 3 nitrogen and oxygen atoms in total. The summed E-state index contributed by atoms with van der Waals surface area (Å²) in [7, 11) is -1.82. The van der Waals surface area contributed by atoms with Crippen LogP contribution in [0.4, 0.5) is 0 Å². The maximum absolute atomic E-state index is 9.54. The Hall–Kier alpha value is 0.0969. The van der Waals surface area contributed by atoms with E-state index in [9.17, 15) is 5.11 Å². The molecule has 0 rings (SSSR count). The first-order valence-corrected chi connectivity index (χ1v) is 7.78. The molecule has 0 bridgehead atoms. The van der Waals surface area contributed by atoms with Crippen LogP contribution in [0.5, 0.6) is 0 Å². The second-order valence-electron chi connectivity index (χ2n) is 5.54. The SMILES string of the molecule is CC(O)([CH]O)CO[Si](C)(C)C(C)(C)C. The molecule has 0 heterocycles. The zero-order chi connectivity index (χ0) is 11.6. The van der Waals surface area contributed by atoms with E-state index in [1.54, 1.807) is 0 Å². The average molecular weight is 219 g/mol. The summed E-state index contributed by atoms with van der Waals surface area (Å²) < 4.78 is 5.75. The molecule has 0 aliphatic carbocycles. The highest BCUT2D eigenvalue weighted by atomic mass is 28.4. The molecule has 4 heteroatoms. The van der Waals surface area contributed by atoms with E-state index < -0.39 is 13.9 Å². The fourth-order valence-electron chi connectivity index (χ4n) is 0.580. The lowest BCUT2D eigenvalue weighted by Gasteiger charge is -2.38. The summed E-state index contributed by atoms with van der Waals surface area (Å²) in [6.45, 7) is 13.1. The summed E-state index contributed by atoms with van der Waals surface area (Å²) in [5.41, 5.74) is -1.24. The number of aliphatic hydroxyl groups excluding tert-OH is 1. The Kier molecular flexibility index (Phi) is 4.34. The standard InChI is InChI=1S/C10H23O3Si/c1-9(2,3)14(5,6)13-8-10(4,12)7-11/h7,11-12H,8H2,1-6H3. The van der Waals surface area contributed by atoms with E-state index in [-0.39, 0.29) is 11.6 Å². The predicted molar refractivity (Wildman–Crippen MR) is 60.0 cm³/mol. The maximum atomic E-state index is 9.54. The van der Waals surface area contributed by atoms with Crippen LogP contribution in [0, 0.1) is 6.61 Å². The topological polar surface area (TPSA) is 49.7 Å². The molecule has 0 saturated carbocycles. The number of rotatable bonds is 4. The maximum Gasteiger partial charge on any atom is 0.192 e. The van der Waals surface area contributed by atoms with Gasteiger partial charge in [-0.3, -0.25) is 0 Å². The zero-order valence-corrected chi connectivity index (χ0v) is 11.1. The summed E-state index contributed by atoms with van der Waals surface area (Å²) in [6.07, 6.45) is 0. The van der Waals surface area contributed by atoms with Crippen molar-refractivity contribution in [3.8, 4) is 0 Å². The minimum Gasteiger partial charge on any atom is -0.414 e. The molecule has 1 atom stereocenters. The van der Waals surface area contributed by atoms with Crippen molar-refractivity contribution in [1.82, 2.24) is 0 Å². The van der Waals surface area contributed by atoms with Gasteiger partial charge in [-0.05, 0) is 25.1 Å². The molecule has 1 radical (unpaired) electrons. The molecule has 0 amide bonds. The Balaban J connectivity index is 4.27. The van der Waals surface area contributed by atoms with Crippen LogP contribution in [-0.4, -0.2) is 30.7 Å². The molecule has 14 heavy (non-hydrogen) atoms. The highest BCUT2D eigenvalue weighted by Gasteiger charge is 2.38. The van der Waals surface area contributed by atoms with Gasteiger partial charge in [-0.15, -0.1) is 0 Å². The Bertz CT molecular complexity index is 182. The van der Waals surface area contributed by atoms with Gasteiger partial charge in [0.25, 0.3) is 0 Å². The van der Waals surface area contributed by atoms with Crippen LogP contribution < -0.4 is 0 Å². The summed E-state index contributed by atoms with van der Waals surface area (Å²) in [6, 6.07) is 0. The lowest BCUT2D eigenvalue weighted by atomic mass is 10.1. The van der Waals surface area contributed by atoms with Crippen molar-refractivity contribution in [3.63, 3.8) is 0 Å². The minimum absolute atomic E-state index is 0.124. The van der Waals surface area contributed by atoms with Crippen molar-refractivity contribution in [2.45, 2.75) is 51.4 Å². The van der Waals surface area contributed by atoms with Crippen molar-refractivity contribution in [3.05, 3.63) is 6.61 Å². The van der Waals surface area contributed by atoms with Gasteiger partial charge in [0.15, 0.2) is 8.32 Å². The minimum atomic E-state index is -1.82. The van der Waals surface area contributed by atoms with Gasteiger partial charge in [0, 0.05) is 0 Å². The van der Waals surface area contributed by atoms with Crippen molar-refractivity contribution in [2.75, 3.05) is 6.61 Å². The van der Waals surface area contributed by atoms with Gasteiger partial charge in [0.1, 0.15) is 12.2 Å². The highest BCUT2D eigenvalue weighted by molar-refractivity contribution is 6.74. The van der Waals surface area contributed by atoms with E-state index in [4.69, 9.17) is 9.53 Å². The van der Waals surface area contributed by atoms with Gasteiger partial charge in [0.2, 0.25) is 0 Å². The summed E-state index contributed by atoms with van der Waals surface area (Å²) >= 11 is 0. The third-order valence-electron chi connectivity index (χ3n) is 2.81. The van der Waals surface area contributed by atoms with Gasteiger partial charge < -0.3 is 14.6 Å². The molecule has 0 aromatic rings. The smallest absolute Gasteiger partial charge is 0.192 e. The fraction of sp³-hybridized carbons (Fsp3) is 0.900. The summed E-state index contributed by atoms with van der Waals surface area (Å²) in [5.74, 6) is 0. The molecule has 85 valence electrons. The largest absolute Gasteiger partial charge is 0.414 e. The lowest BCUT2D eigenvalue weighted by molar-refractivity contribution is -0.000852. The Labute approximate surface area is 88.2 Å². The number of aliphatic hydroxyl groups is 2. The number of hydrogen-bond acceptors (Lipinski definition) is 3. The molecule has 0 aliphatic heterocycles. The zero-order valence-electron chi connectivity index (χ0n) is 10.1. The van der Waals surface area contributed by atoms with E-state index in [1.165, 1.54) is 6.92 Å². The van der Waals surface area contributed by atoms with Crippen LogP contribution in [0.3, 0.4) is 0 Å². The van der Waals surface area contributed by atoms with Gasteiger partial charge in [0.05, 0.1) is 6.61 Å². The lowest BCUT2D eigenvalue weighted by Crippen LogP contribution is -2.45. The van der Waals surface area contributed by atoms with E-state index in [0.717, 1.165) is 6.61 Å². The first kappa shape index (κ1) is 14.1. The van der Waals surface area contributed by atoms with Crippen LogP contribution in [0.25, 0.3) is 0 Å². The summed E-state index contributed by atoms with van der Waals surface area (Å²) in [5, 5.41) is 18.4. The first-order chi connectivity index (χ1) is 6.02. The highest BCUT2D eigenvalue weighted by Crippen LogP contribution is 2.36. The van der Waals surface area contributed by atoms with Gasteiger partial charge in [-0.25, -0.2) is 0 Å². The third kappa shape index (κ3) is 4.08. The van der Waals surface area contributed by atoms with Crippen LogP contribution in [0.2, 0.25) is 18.1 Å². The third-order valence-corrected chi connectivity index (χ3v) is 7.29. The second-order valence-corrected chi connectivity index (χ2v) is 10.3. The molecule has 0 fully saturated rings. The summed E-state index contributed by atoms with van der Waals surface area (Å²) in [4.78, 5) is 0. The van der Waals surface area contributed by atoms with E-state index in [0.29, 0.717) is 0 Å². The molecule has 0 saturated heterocycles. The monoisotopic (exact) mass is 219 g/mol. The van der Waals surface area contributed by atoms with Crippen molar-refractivity contribution >= 4 is 8.32 Å².